The Bertz CT molecular complexity index is 696. The maximum Gasteiger partial charge on any atom is 0.321 e. The summed E-state index contributed by atoms with van der Waals surface area (Å²) in [5.41, 5.74) is 3.15. The van der Waals surface area contributed by atoms with Crippen LogP contribution in [0.25, 0.3) is 0 Å². The highest BCUT2D eigenvalue weighted by Crippen LogP contribution is 2.21. The SMILES string of the molecule is Cc1ccccc1NC(=O)N1CCN(c2cccc(Br)c2)CC1. The maximum atomic E-state index is 12.4. The molecule has 0 aromatic heterocycles. The fraction of sp³-hybridized carbons (Fsp3) is 0.278. The van der Waals surface area contributed by atoms with Gasteiger partial charge in [0.1, 0.15) is 0 Å². The normalized spacial score (nSPS) is 14.7. The molecular weight excluding hydrogens is 354 g/mol. The number of rotatable bonds is 2. The van der Waals surface area contributed by atoms with Crippen LogP contribution in [0.1, 0.15) is 5.56 Å². The average molecular weight is 374 g/mol. The van der Waals surface area contributed by atoms with Crippen LogP contribution in [0.15, 0.2) is 53.0 Å². The molecule has 23 heavy (non-hydrogen) atoms. The van der Waals surface area contributed by atoms with Crippen molar-refractivity contribution in [2.45, 2.75) is 6.92 Å². The van der Waals surface area contributed by atoms with Gasteiger partial charge in [-0.3, -0.25) is 0 Å². The summed E-state index contributed by atoms with van der Waals surface area (Å²) in [5.74, 6) is 0. The van der Waals surface area contributed by atoms with Crippen LogP contribution in [0.3, 0.4) is 0 Å². The summed E-state index contributed by atoms with van der Waals surface area (Å²) >= 11 is 3.51. The number of aryl methyl sites for hydroxylation is 1. The molecule has 1 fully saturated rings. The van der Waals surface area contributed by atoms with E-state index >= 15 is 0 Å². The zero-order valence-electron chi connectivity index (χ0n) is 13.1. The van der Waals surface area contributed by atoms with E-state index in [1.807, 2.05) is 48.2 Å². The zero-order chi connectivity index (χ0) is 16.2. The summed E-state index contributed by atoms with van der Waals surface area (Å²) in [6, 6.07) is 16.1. The molecule has 2 amide bonds. The van der Waals surface area contributed by atoms with Crippen LogP contribution in [0.2, 0.25) is 0 Å². The lowest BCUT2D eigenvalue weighted by Crippen LogP contribution is -2.50. The van der Waals surface area contributed by atoms with Crippen molar-refractivity contribution in [3.05, 3.63) is 58.6 Å². The number of nitrogens with zero attached hydrogens (tertiary/aromatic N) is 2. The number of hydrogen-bond donors (Lipinski definition) is 1. The Morgan fingerprint density at radius 3 is 2.48 bits per heavy atom. The van der Waals surface area contributed by atoms with Gasteiger partial charge < -0.3 is 15.1 Å². The van der Waals surface area contributed by atoms with Gasteiger partial charge in [0.25, 0.3) is 0 Å². The number of halogens is 1. The van der Waals surface area contributed by atoms with Crippen molar-refractivity contribution in [2.75, 3.05) is 36.4 Å². The molecule has 0 atom stereocenters. The van der Waals surface area contributed by atoms with Crippen LogP contribution < -0.4 is 10.2 Å². The molecule has 3 rings (SSSR count). The number of amides is 2. The summed E-state index contributed by atoms with van der Waals surface area (Å²) in [5, 5.41) is 3.00. The van der Waals surface area contributed by atoms with Crippen molar-refractivity contribution in [1.82, 2.24) is 4.90 Å². The lowest BCUT2D eigenvalue weighted by molar-refractivity contribution is 0.208. The van der Waals surface area contributed by atoms with E-state index in [9.17, 15) is 4.79 Å². The maximum absolute atomic E-state index is 12.4. The molecule has 0 aliphatic carbocycles. The second kappa shape index (κ2) is 7.04. The monoisotopic (exact) mass is 373 g/mol. The molecule has 1 N–H and O–H groups in total. The first-order valence-corrected chi connectivity index (χ1v) is 8.55. The van der Waals surface area contributed by atoms with Crippen molar-refractivity contribution in [2.24, 2.45) is 0 Å². The molecule has 0 spiro atoms. The molecule has 1 saturated heterocycles. The quantitative estimate of drug-likeness (QED) is 0.859. The Labute approximate surface area is 145 Å². The van der Waals surface area contributed by atoms with Gasteiger partial charge in [0.05, 0.1) is 0 Å². The number of para-hydroxylation sites is 1. The zero-order valence-corrected chi connectivity index (χ0v) is 14.7. The predicted molar refractivity (Wildman–Crippen MR) is 98.1 cm³/mol. The van der Waals surface area contributed by atoms with E-state index in [0.717, 1.165) is 41.9 Å². The van der Waals surface area contributed by atoms with Gasteiger partial charge in [0.15, 0.2) is 0 Å². The molecule has 0 radical (unpaired) electrons. The second-order valence-electron chi connectivity index (χ2n) is 5.70. The first-order chi connectivity index (χ1) is 11.1. The van der Waals surface area contributed by atoms with Crippen LogP contribution in [-0.4, -0.2) is 37.1 Å². The lowest BCUT2D eigenvalue weighted by atomic mass is 10.2. The van der Waals surface area contributed by atoms with Crippen LogP contribution in [-0.2, 0) is 0 Å². The number of anilines is 2. The molecule has 2 aromatic carbocycles. The topological polar surface area (TPSA) is 35.6 Å². The minimum absolute atomic E-state index is 0.0202. The third-order valence-electron chi connectivity index (χ3n) is 4.13. The number of hydrogen-bond acceptors (Lipinski definition) is 2. The Balaban J connectivity index is 1.58. The summed E-state index contributed by atoms with van der Waals surface area (Å²) in [6.07, 6.45) is 0. The Morgan fingerprint density at radius 2 is 1.78 bits per heavy atom. The number of benzene rings is 2. The van der Waals surface area contributed by atoms with Crippen molar-refractivity contribution in [3.8, 4) is 0 Å². The highest BCUT2D eigenvalue weighted by atomic mass is 79.9. The molecule has 0 saturated carbocycles. The molecule has 0 bridgehead atoms. The number of carbonyl (C=O) groups excluding carboxylic acids is 1. The molecule has 1 aliphatic heterocycles. The summed E-state index contributed by atoms with van der Waals surface area (Å²) < 4.78 is 1.08. The number of nitrogens with one attached hydrogen (secondary N) is 1. The standard InChI is InChI=1S/C18H20BrN3O/c1-14-5-2-3-8-17(14)20-18(23)22-11-9-21(10-12-22)16-7-4-6-15(19)13-16/h2-8,13H,9-12H2,1H3,(H,20,23). The third-order valence-corrected chi connectivity index (χ3v) is 4.62. The second-order valence-corrected chi connectivity index (χ2v) is 6.61. The van der Waals surface area contributed by atoms with E-state index in [0.29, 0.717) is 0 Å². The molecular formula is C18H20BrN3O. The number of urea groups is 1. The first kappa shape index (κ1) is 15.9. The van der Waals surface area contributed by atoms with Crippen molar-refractivity contribution in [1.29, 1.82) is 0 Å². The van der Waals surface area contributed by atoms with E-state index in [4.69, 9.17) is 0 Å². The van der Waals surface area contributed by atoms with Gasteiger partial charge >= 0.3 is 6.03 Å². The lowest BCUT2D eigenvalue weighted by Gasteiger charge is -2.36. The average Bonchev–Trinajstić information content (AvgIpc) is 2.57. The molecule has 4 nitrogen and oxygen atoms in total. The van der Waals surface area contributed by atoms with Gasteiger partial charge in [-0.1, -0.05) is 40.2 Å². The fourth-order valence-corrected chi connectivity index (χ4v) is 3.14. The number of carbonyl (C=O) groups is 1. The highest BCUT2D eigenvalue weighted by molar-refractivity contribution is 9.10. The minimum Gasteiger partial charge on any atom is -0.368 e. The van der Waals surface area contributed by atoms with Crippen LogP contribution >= 0.6 is 15.9 Å². The summed E-state index contributed by atoms with van der Waals surface area (Å²) in [6.45, 7) is 5.14. The van der Waals surface area contributed by atoms with E-state index in [1.54, 1.807) is 0 Å². The molecule has 1 aliphatic rings. The minimum atomic E-state index is -0.0202. The van der Waals surface area contributed by atoms with Gasteiger partial charge in [-0.25, -0.2) is 4.79 Å². The molecule has 0 unspecified atom stereocenters. The molecule has 1 heterocycles. The Hall–Kier alpha value is -2.01. The van der Waals surface area contributed by atoms with Crippen LogP contribution in [0.4, 0.5) is 16.2 Å². The molecule has 120 valence electrons. The van der Waals surface area contributed by atoms with Crippen LogP contribution in [0.5, 0.6) is 0 Å². The Kier molecular flexibility index (Phi) is 4.86. The largest absolute Gasteiger partial charge is 0.368 e. The van der Waals surface area contributed by atoms with Gasteiger partial charge in [0, 0.05) is 42.0 Å². The Morgan fingerprint density at radius 1 is 1.04 bits per heavy atom. The summed E-state index contributed by atoms with van der Waals surface area (Å²) in [7, 11) is 0. The predicted octanol–water partition coefficient (Wildman–Crippen LogP) is 4.11. The highest BCUT2D eigenvalue weighted by Gasteiger charge is 2.21. The van der Waals surface area contributed by atoms with E-state index < -0.39 is 0 Å². The van der Waals surface area contributed by atoms with E-state index in [2.05, 4.69) is 38.3 Å². The van der Waals surface area contributed by atoms with E-state index in [-0.39, 0.29) is 6.03 Å². The first-order valence-electron chi connectivity index (χ1n) is 7.75. The van der Waals surface area contributed by atoms with E-state index in [1.165, 1.54) is 5.69 Å². The van der Waals surface area contributed by atoms with Crippen molar-refractivity contribution < 1.29 is 4.79 Å². The summed E-state index contributed by atoms with van der Waals surface area (Å²) in [4.78, 5) is 16.6. The smallest absolute Gasteiger partial charge is 0.321 e. The van der Waals surface area contributed by atoms with Gasteiger partial charge in [-0.05, 0) is 36.8 Å². The van der Waals surface area contributed by atoms with Crippen molar-refractivity contribution >= 4 is 33.3 Å². The van der Waals surface area contributed by atoms with Gasteiger partial charge in [-0.15, -0.1) is 0 Å². The van der Waals surface area contributed by atoms with Crippen LogP contribution in [0, 0.1) is 6.92 Å². The number of piperazine rings is 1. The van der Waals surface area contributed by atoms with Gasteiger partial charge in [-0.2, -0.15) is 0 Å². The molecule has 2 aromatic rings. The molecule has 5 heteroatoms. The fourth-order valence-electron chi connectivity index (χ4n) is 2.75. The van der Waals surface area contributed by atoms with Gasteiger partial charge in [0.2, 0.25) is 0 Å². The third kappa shape index (κ3) is 3.85. The van der Waals surface area contributed by atoms with Crippen molar-refractivity contribution in [3.63, 3.8) is 0 Å².